The third-order valence-corrected chi connectivity index (χ3v) is 2.89. The van der Waals surface area contributed by atoms with Gasteiger partial charge in [0, 0.05) is 18.7 Å². The van der Waals surface area contributed by atoms with E-state index in [0.29, 0.717) is 13.0 Å². The van der Waals surface area contributed by atoms with Crippen molar-refractivity contribution < 1.29 is 14.7 Å². The first-order valence-corrected chi connectivity index (χ1v) is 6.97. The zero-order chi connectivity index (χ0) is 14.8. The molecule has 0 bridgehead atoms. The molecular formula is C15H22N2O3. The lowest BCUT2D eigenvalue weighted by Crippen LogP contribution is -2.22. The maximum absolute atomic E-state index is 11.6. The van der Waals surface area contributed by atoms with Gasteiger partial charge in [0.2, 0.25) is 5.91 Å². The molecule has 5 nitrogen and oxygen atoms in total. The number of hydrogen-bond acceptors (Lipinski definition) is 2. The van der Waals surface area contributed by atoms with E-state index in [1.165, 1.54) is 0 Å². The summed E-state index contributed by atoms with van der Waals surface area (Å²) in [4.78, 5) is 21.9. The van der Waals surface area contributed by atoms with Crippen molar-refractivity contribution in [2.45, 2.75) is 39.0 Å². The van der Waals surface area contributed by atoms with Gasteiger partial charge in [0.15, 0.2) is 0 Å². The first kappa shape index (κ1) is 16.0. The van der Waals surface area contributed by atoms with Crippen molar-refractivity contribution >= 4 is 17.7 Å². The minimum atomic E-state index is -0.998. The molecule has 0 radical (unpaired) electrons. The number of carbonyl (C=O) groups is 2. The van der Waals surface area contributed by atoms with Crippen molar-refractivity contribution in [2.24, 2.45) is 0 Å². The Morgan fingerprint density at radius 1 is 1.25 bits per heavy atom. The van der Waals surface area contributed by atoms with E-state index in [1.807, 2.05) is 24.3 Å². The molecule has 1 aromatic carbocycles. The van der Waals surface area contributed by atoms with Crippen LogP contribution in [0.15, 0.2) is 24.3 Å². The second kappa shape index (κ2) is 8.96. The molecule has 0 aliphatic carbocycles. The van der Waals surface area contributed by atoms with Crippen LogP contribution in [-0.2, 0) is 11.2 Å². The van der Waals surface area contributed by atoms with Crippen molar-refractivity contribution in [2.75, 3.05) is 11.9 Å². The van der Waals surface area contributed by atoms with Crippen molar-refractivity contribution in [3.63, 3.8) is 0 Å². The number of hydrogen-bond donors (Lipinski definition) is 3. The number of carbonyl (C=O) groups excluding carboxylic acids is 1. The van der Waals surface area contributed by atoms with Crippen LogP contribution in [0.5, 0.6) is 0 Å². The lowest BCUT2D eigenvalue weighted by molar-refractivity contribution is -0.116. The van der Waals surface area contributed by atoms with Gasteiger partial charge in [-0.15, -0.1) is 0 Å². The molecule has 0 aliphatic rings. The summed E-state index contributed by atoms with van der Waals surface area (Å²) in [5, 5.41) is 13.7. The summed E-state index contributed by atoms with van der Waals surface area (Å²) in [6.45, 7) is 2.49. The molecule has 0 atom stereocenters. The van der Waals surface area contributed by atoms with Crippen LogP contribution in [-0.4, -0.2) is 23.7 Å². The number of benzene rings is 1. The van der Waals surface area contributed by atoms with Gasteiger partial charge in [-0.25, -0.2) is 4.79 Å². The molecule has 0 aliphatic heterocycles. The maximum atomic E-state index is 11.6. The van der Waals surface area contributed by atoms with Crippen LogP contribution in [0.1, 0.15) is 38.2 Å². The van der Waals surface area contributed by atoms with E-state index in [2.05, 4.69) is 17.6 Å². The van der Waals surface area contributed by atoms with E-state index in [9.17, 15) is 9.59 Å². The number of unbranched alkanes of at least 4 members (excludes halogenated alkanes) is 1. The summed E-state index contributed by atoms with van der Waals surface area (Å²) in [7, 11) is 0. The van der Waals surface area contributed by atoms with Crippen LogP contribution in [0.2, 0.25) is 0 Å². The Kier molecular flexibility index (Phi) is 7.17. The Balaban J connectivity index is 2.40. The fourth-order valence-corrected chi connectivity index (χ4v) is 1.85. The molecule has 0 spiro atoms. The van der Waals surface area contributed by atoms with Crippen LogP contribution in [0.4, 0.5) is 10.5 Å². The Hall–Kier alpha value is -2.04. The molecule has 0 saturated heterocycles. The Labute approximate surface area is 119 Å². The molecule has 0 aromatic heterocycles. The number of amides is 2. The van der Waals surface area contributed by atoms with Gasteiger partial charge in [-0.2, -0.15) is 0 Å². The molecule has 3 N–H and O–H groups in total. The highest BCUT2D eigenvalue weighted by atomic mass is 16.4. The molecule has 0 saturated carbocycles. The van der Waals surface area contributed by atoms with E-state index in [1.54, 1.807) is 0 Å². The third-order valence-electron chi connectivity index (χ3n) is 2.89. The highest BCUT2D eigenvalue weighted by Crippen LogP contribution is 2.13. The molecule has 110 valence electrons. The molecule has 20 heavy (non-hydrogen) atoms. The average molecular weight is 278 g/mol. The largest absolute Gasteiger partial charge is 0.465 e. The van der Waals surface area contributed by atoms with E-state index in [4.69, 9.17) is 5.11 Å². The second-order valence-electron chi connectivity index (χ2n) is 4.69. The number of aryl methyl sites for hydroxylation is 1. The average Bonchev–Trinajstić information content (AvgIpc) is 2.41. The summed E-state index contributed by atoms with van der Waals surface area (Å²) in [5.74, 6) is 0.0385. The monoisotopic (exact) mass is 278 g/mol. The quantitative estimate of drug-likeness (QED) is 0.640. The van der Waals surface area contributed by atoms with Crippen molar-refractivity contribution in [3.05, 3.63) is 29.8 Å². The summed E-state index contributed by atoms with van der Waals surface area (Å²) in [5.41, 5.74) is 1.89. The van der Waals surface area contributed by atoms with Crippen LogP contribution < -0.4 is 10.6 Å². The maximum Gasteiger partial charge on any atom is 0.404 e. The molecule has 1 aromatic rings. The summed E-state index contributed by atoms with van der Waals surface area (Å²) >= 11 is 0. The number of nitrogens with one attached hydrogen (secondary N) is 2. The summed E-state index contributed by atoms with van der Waals surface area (Å²) in [6.07, 6.45) is 2.96. The number of carboxylic acid groups (broad SMARTS) is 1. The van der Waals surface area contributed by atoms with Gasteiger partial charge in [0.25, 0.3) is 0 Å². The Morgan fingerprint density at radius 3 is 2.75 bits per heavy atom. The molecule has 1 rings (SSSR count). The Morgan fingerprint density at radius 2 is 2.05 bits per heavy atom. The lowest BCUT2D eigenvalue weighted by atomic mass is 10.1. The van der Waals surface area contributed by atoms with Gasteiger partial charge >= 0.3 is 6.09 Å². The normalized spacial score (nSPS) is 10.1. The first-order valence-electron chi connectivity index (χ1n) is 6.97. The predicted molar refractivity (Wildman–Crippen MR) is 78.9 cm³/mol. The Bertz CT molecular complexity index is 446. The van der Waals surface area contributed by atoms with Gasteiger partial charge in [-0.1, -0.05) is 25.5 Å². The molecule has 5 heteroatoms. The zero-order valence-electron chi connectivity index (χ0n) is 11.8. The van der Waals surface area contributed by atoms with Crippen LogP contribution in [0.3, 0.4) is 0 Å². The summed E-state index contributed by atoms with van der Waals surface area (Å²) in [6, 6.07) is 7.67. The molecule has 2 amide bonds. The van der Waals surface area contributed by atoms with Crippen molar-refractivity contribution in [1.29, 1.82) is 0 Å². The highest BCUT2D eigenvalue weighted by molar-refractivity contribution is 5.90. The van der Waals surface area contributed by atoms with E-state index in [0.717, 1.165) is 36.9 Å². The van der Waals surface area contributed by atoms with Gasteiger partial charge in [-0.3, -0.25) is 4.79 Å². The first-order chi connectivity index (χ1) is 9.61. The van der Waals surface area contributed by atoms with Crippen LogP contribution >= 0.6 is 0 Å². The van der Waals surface area contributed by atoms with Gasteiger partial charge in [0.1, 0.15) is 0 Å². The third kappa shape index (κ3) is 6.78. The molecule has 0 heterocycles. The number of anilines is 1. The SMILES string of the molecule is CCCCC(=O)Nc1cccc(CCCNC(=O)O)c1. The van der Waals surface area contributed by atoms with Crippen molar-refractivity contribution in [1.82, 2.24) is 5.32 Å². The fraction of sp³-hybridized carbons (Fsp3) is 0.467. The number of rotatable bonds is 8. The van der Waals surface area contributed by atoms with Gasteiger partial charge < -0.3 is 15.7 Å². The van der Waals surface area contributed by atoms with E-state index in [-0.39, 0.29) is 5.91 Å². The molecular weight excluding hydrogens is 256 g/mol. The second-order valence-corrected chi connectivity index (χ2v) is 4.69. The zero-order valence-corrected chi connectivity index (χ0v) is 11.8. The summed E-state index contributed by atoms with van der Waals surface area (Å²) < 4.78 is 0. The van der Waals surface area contributed by atoms with E-state index < -0.39 is 6.09 Å². The fourth-order valence-electron chi connectivity index (χ4n) is 1.85. The predicted octanol–water partition coefficient (Wildman–Crippen LogP) is 3.02. The van der Waals surface area contributed by atoms with Gasteiger partial charge in [-0.05, 0) is 37.0 Å². The minimum absolute atomic E-state index is 0.0385. The lowest BCUT2D eigenvalue weighted by Gasteiger charge is -2.07. The topological polar surface area (TPSA) is 78.4 Å². The minimum Gasteiger partial charge on any atom is -0.465 e. The highest BCUT2D eigenvalue weighted by Gasteiger charge is 2.02. The van der Waals surface area contributed by atoms with Crippen LogP contribution in [0, 0.1) is 0 Å². The van der Waals surface area contributed by atoms with Gasteiger partial charge in [0.05, 0.1) is 0 Å². The molecule has 0 fully saturated rings. The van der Waals surface area contributed by atoms with Crippen LogP contribution in [0.25, 0.3) is 0 Å². The van der Waals surface area contributed by atoms with Crippen molar-refractivity contribution in [3.8, 4) is 0 Å². The molecule has 0 unspecified atom stereocenters. The van der Waals surface area contributed by atoms with E-state index >= 15 is 0 Å². The standard InChI is InChI=1S/C15H22N2O3/c1-2-3-9-14(18)17-13-8-4-6-12(11-13)7-5-10-16-15(19)20/h4,6,8,11,16H,2-3,5,7,9-10H2,1H3,(H,17,18)(H,19,20). The smallest absolute Gasteiger partial charge is 0.404 e.